The summed E-state index contributed by atoms with van der Waals surface area (Å²) in [6.45, 7) is 0. The molecule has 0 saturated carbocycles. The van der Waals surface area contributed by atoms with E-state index in [0.717, 1.165) is 33.4 Å². The van der Waals surface area contributed by atoms with Gasteiger partial charge < -0.3 is 42.6 Å². The van der Waals surface area contributed by atoms with Crippen molar-refractivity contribution >= 4 is 0 Å². The Kier molecular flexibility index (Phi) is 8.38. The van der Waals surface area contributed by atoms with Crippen LogP contribution in [0.25, 0.3) is 0 Å². The van der Waals surface area contributed by atoms with Crippen molar-refractivity contribution in [3.05, 3.63) is 51.6 Å². The molecule has 210 valence electrons. The molecule has 0 fully saturated rings. The van der Waals surface area contributed by atoms with Crippen molar-refractivity contribution in [2.75, 3.05) is 64.0 Å². The third-order valence-electron chi connectivity index (χ3n) is 7.15. The molecule has 0 unspecified atom stereocenters. The molecule has 0 atom stereocenters. The monoisotopic (exact) mass is 540 g/mol. The van der Waals surface area contributed by atoms with Crippen LogP contribution in [0.1, 0.15) is 33.4 Å². The molecule has 0 amide bonds. The van der Waals surface area contributed by atoms with Gasteiger partial charge in [0.1, 0.15) is 0 Å². The normalized spacial score (nSPS) is 11.6. The summed E-state index contributed by atoms with van der Waals surface area (Å²) in [5.41, 5.74) is 6.06. The molecule has 0 bridgehead atoms. The third-order valence-corrected chi connectivity index (χ3v) is 7.15. The van der Waals surface area contributed by atoms with Gasteiger partial charge in [0.15, 0.2) is 34.5 Å². The molecule has 0 N–H and O–H groups in total. The SMILES string of the molecule is COc1cc(Cc2c3c(c(OC)c(OC)c2OC)Cc2cc(OC)c(OC)c(OC)c2C3)cc(OC)c1OC. The highest BCUT2D eigenvalue weighted by atomic mass is 16.5. The van der Waals surface area contributed by atoms with Gasteiger partial charge in [-0.25, -0.2) is 0 Å². The molecule has 9 nitrogen and oxygen atoms in total. The summed E-state index contributed by atoms with van der Waals surface area (Å²) in [7, 11) is 14.5. The van der Waals surface area contributed by atoms with E-state index >= 15 is 0 Å². The number of benzene rings is 3. The summed E-state index contributed by atoms with van der Waals surface area (Å²) >= 11 is 0. The topological polar surface area (TPSA) is 83.1 Å². The van der Waals surface area contributed by atoms with Crippen LogP contribution in [0, 0.1) is 0 Å². The van der Waals surface area contributed by atoms with Crippen LogP contribution in [0.5, 0.6) is 51.7 Å². The van der Waals surface area contributed by atoms with Crippen molar-refractivity contribution < 1.29 is 42.6 Å². The molecule has 39 heavy (non-hydrogen) atoms. The lowest BCUT2D eigenvalue weighted by Crippen LogP contribution is -2.16. The molecular formula is C30H36O9. The molecule has 0 radical (unpaired) electrons. The lowest BCUT2D eigenvalue weighted by Gasteiger charge is -2.30. The maximum Gasteiger partial charge on any atom is 0.203 e. The Morgan fingerprint density at radius 2 is 0.923 bits per heavy atom. The standard InChI is InChI=1S/C30H36O9/c1-31-22-11-16(12-23(32-2)28(22)37-7)10-20-19-15-18-17(14-24(33-3)29(38-8)25(18)34-4)13-21(19)27(36-6)30(39-9)26(20)35-5/h11-12,14H,10,13,15H2,1-9H3. The van der Waals surface area contributed by atoms with Crippen LogP contribution in [0.2, 0.25) is 0 Å². The number of fused-ring (bicyclic) bond motifs is 2. The third kappa shape index (κ3) is 4.66. The predicted molar refractivity (Wildman–Crippen MR) is 147 cm³/mol. The Morgan fingerprint density at radius 1 is 0.436 bits per heavy atom. The van der Waals surface area contributed by atoms with Gasteiger partial charge in [-0.2, -0.15) is 0 Å². The Hall–Kier alpha value is -4.14. The van der Waals surface area contributed by atoms with Gasteiger partial charge >= 0.3 is 0 Å². The van der Waals surface area contributed by atoms with Crippen molar-refractivity contribution in [2.45, 2.75) is 19.3 Å². The average Bonchev–Trinajstić information content (AvgIpc) is 2.97. The van der Waals surface area contributed by atoms with E-state index in [2.05, 4.69) is 0 Å². The largest absolute Gasteiger partial charge is 0.493 e. The molecule has 0 heterocycles. The Bertz CT molecular complexity index is 1340. The van der Waals surface area contributed by atoms with Gasteiger partial charge in [0.25, 0.3) is 0 Å². The first-order chi connectivity index (χ1) is 18.9. The van der Waals surface area contributed by atoms with E-state index in [4.69, 9.17) is 42.6 Å². The van der Waals surface area contributed by atoms with Crippen LogP contribution in [-0.4, -0.2) is 64.0 Å². The molecule has 3 aromatic carbocycles. The van der Waals surface area contributed by atoms with Crippen LogP contribution in [0.15, 0.2) is 18.2 Å². The van der Waals surface area contributed by atoms with E-state index in [9.17, 15) is 0 Å². The molecule has 0 aromatic heterocycles. The first kappa shape index (κ1) is 27.9. The minimum absolute atomic E-state index is 0.507. The number of ether oxygens (including phenoxy) is 9. The first-order valence-corrected chi connectivity index (χ1v) is 12.4. The van der Waals surface area contributed by atoms with Crippen LogP contribution >= 0.6 is 0 Å². The van der Waals surface area contributed by atoms with E-state index in [-0.39, 0.29) is 0 Å². The number of hydrogen-bond acceptors (Lipinski definition) is 9. The van der Waals surface area contributed by atoms with Gasteiger partial charge in [0, 0.05) is 36.0 Å². The number of rotatable bonds is 11. The summed E-state index contributed by atoms with van der Waals surface area (Å²) in [5, 5.41) is 0. The second-order valence-corrected chi connectivity index (χ2v) is 8.88. The minimum atomic E-state index is 0.507. The van der Waals surface area contributed by atoms with Gasteiger partial charge in [-0.15, -0.1) is 0 Å². The molecule has 3 aromatic rings. The zero-order valence-corrected chi connectivity index (χ0v) is 24.0. The predicted octanol–water partition coefficient (Wildman–Crippen LogP) is 4.85. The smallest absolute Gasteiger partial charge is 0.203 e. The van der Waals surface area contributed by atoms with Crippen LogP contribution in [0.4, 0.5) is 0 Å². The van der Waals surface area contributed by atoms with Gasteiger partial charge in [-0.05, 0) is 34.9 Å². The summed E-state index contributed by atoms with van der Waals surface area (Å²) in [6.07, 6.45) is 1.64. The van der Waals surface area contributed by atoms with Crippen molar-refractivity contribution in [2.24, 2.45) is 0 Å². The van der Waals surface area contributed by atoms with Crippen molar-refractivity contribution in [3.63, 3.8) is 0 Å². The van der Waals surface area contributed by atoms with Crippen molar-refractivity contribution in [1.82, 2.24) is 0 Å². The van der Waals surface area contributed by atoms with E-state index in [0.29, 0.717) is 71.0 Å². The second-order valence-electron chi connectivity index (χ2n) is 8.88. The van der Waals surface area contributed by atoms with E-state index < -0.39 is 0 Å². The highest BCUT2D eigenvalue weighted by Gasteiger charge is 2.33. The zero-order valence-electron chi connectivity index (χ0n) is 24.0. The fourth-order valence-electron chi connectivity index (χ4n) is 5.46. The van der Waals surface area contributed by atoms with Gasteiger partial charge in [-0.1, -0.05) is 0 Å². The minimum Gasteiger partial charge on any atom is -0.493 e. The molecular weight excluding hydrogens is 504 g/mol. The lowest BCUT2D eigenvalue weighted by atomic mass is 9.80. The Morgan fingerprint density at radius 3 is 1.41 bits per heavy atom. The lowest BCUT2D eigenvalue weighted by molar-refractivity contribution is 0.317. The van der Waals surface area contributed by atoms with Gasteiger partial charge in [0.2, 0.25) is 17.2 Å². The summed E-state index contributed by atoms with van der Waals surface area (Å²) < 4.78 is 51.6. The van der Waals surface area contributed by atoms with E-state index in [1.807, 2.05) is 18.2 Å². The molecule has 9 heteroatoms. The van der Waals surface area contributed by atoms with Crippen LogP contribution < -0.4 is 42.6 Å². The maximum atomic E-state index is 5.96. The van der Waals surface area contributed by atoms with E-state index in [1.165, 1.54) is 0 Å². The number of methoxy groups -OCH3 is 9. The van der Waals surface area contributed by atoms with E-state index in [1.54, 1.807) is 64.0 Å². The fraction of sp³-hybridized carbons (Fsp3) is 0.400. The summed E-state index contributed by atoms with van der Waals surface area (Å²) in [6, 6.07) is 5.87. The Balaban J connectivity index is 1.98. The second kappa shape index (κ2) is 11.7. The highest BCUT2D eigenvalue weighted by Crippen LogP contribution is 2.53. The molecule has 4 rings (SSSR count). The average molecular weight is 541 g/mol. The zero-order chi connectivity index (χ0) is 28.3. The highest BCUT2D eigenvalue weighted by molar-refractivity contribution is 5.71. The molecule has 0 saturated heterocycles. The van der Waals surface area contributed by atoms with Crippen molar-refractivity contribution in [1.29, 1.82) is 0 Å². The molecule has 1 aliphatic rings. The molecule has 0 aliphatic heterocycles. The quantitative estimate of drug-likeness (QED) is 0.265. The number of hydrogen-bond donors (Lipinski definition) is 0. The van der Waals surface area contributed by atoms with Gasteiger partial charge in [0.05, 0.1) is 64.0 Å². The fourth-order valence-corrected chi connectivity index (χ4v) is 5.46. The maximum absolute atomic E-state index is 5.96. The summed E-state index contributed by atoms with van der Waals surface area (Å²) in [5.74, 6) is 5.26. The Labute approximate surface area is 229 Å². The van der Waals surface area contributed by atoms with Crippen LogP contribution in [0.3, 0.4) is 0 Å². The van der Waals surface area contributed by atoms with Crippen molar-refractivity contribution in [3.8, 4) is 51.7 Å². The molecule has 0 spiro atoms. The summed E-state index contributed by atoms with van der Waals surface area (Å²) in [4.78, 5) is 0. The first-order valence-electron chi connectivity index (χ1n) is 12.4. The molecule has 1 aliphatic carbocycles. The van der Waals surface area contributed by atoms with Crippen LogP contribution in [-0.2, 0) is 19.3 Å². The van der Waals surface area contributed by atoms with Gasteiger partial charge in [-0.3, -0.25) is 0 Å².